The summed E-state index contributed by atoms with van der Waals surface area (Å²) in [4.78, 5) is 0. The normalized spacial score (nSPS) is 10.2. The highest BCUT2D eigenvalue weighted by Gasteiger charge is 2.28. The summed E-state index contributed by atoms with van der Waals surface area (Å²) >= 11 is 0. The van der Waals surface area contributed by atoms with Crippen molar-refractivity contribution >= 4 is 0 Å². The van der Waals surface area contributed by atoms with Gasteiger partial charge >= 0.3 is 0 Å². The summed E-state index contributed by atoms with van der Waals surface area (Å²) in [6, 6.07) is 11.6. The molecule has 0 radical (unpaired) electrons. The predicted molar refractivity (Wildman–Crippen MR) is 136 cm³/mol. The van der Waals surface area contributed by atoms with Gasteiger partial charge in [0.2, 0.25) is 0 Å². The summed E-state index contributed by atoms with van der Waals surface area (Å²) in [6.45, 7) is 19.5. The van der Waals surface area contributed by atoms with E-state index in [0.717, 1.165) is 33.4 Å². The fraction of sp³-hybridized carbons (Fsp3) is 0.379. The molecule has 3 aromatic carbocycles. The number of hydrogen-bond acceptors (Lipinski definition) is 3. The second kappa shape index (κ2) is 11.6. The molecular weight excluding hydrogens is 396 g/mol. The van der Waals surface area contributed by atoms with Gasteiger partial charge in [0, 0.05) is 22.6 Å². The minimum Gasteiger partial charge on any atom is -0.507 e. The Labute approximate surface area is 194 Å². The van der Waals surface area contributed by atoms with Crippen molar-refractivity contribution in [3.63, 3.8) is 0 Å². The van der Waals surface area contributed by atoms with Crippen LogP contribution >= 0.6 is 0 Å². The van der Waals surface area contributed by atoms with Crippen LogP contribution in [0.3, 0.4) is 0 Å². The van der Waals surface area contributed by atoms with E-state index in [0.29, 0.717) is 16.7 Å². The van der Waals surface area contributed by atoms with E-state index in [4.69, 9.17) is 0 Å². The van der Waals surface area contributed by atoms with Crippen LogP contribution in [-0.2, 0) is 0 Å². The second-order valence-electron chi connectivity index (χ2n) is 7.99. The van der Waals surface area contributed by atoms with Gasteiger partial charge in [-0.3, -0.25) is 0 Å². The molecule has 174 valence electrons. The van der Waals surface area contributed by atoms with Crippen molar-refractivity contribution < 1.29 is 15.3 Å². The maximum absolute atomic E-state index is 10.9. The van der Waals surface area contributed by atoms with Gasteiger partial charge in [0.05, 0.1) is 0 Å². The SMILES string of the molecule is CC.CC.Cc1cc(C)c(O)c(C(c2cc(C)cc(C)c2O)c2cc(C)cc(C)c2O)c1. The fourth-order valence-corrected chi connectivity index (χ4v) is 4.14. The van der Waals surface area contributed by atoms with Gasteiger partial charge in [0.25, 0.3) is 0 Å². The Morgan fingerprint density at radius 1 is 0.438 bits per heavy atom. The first-order chi connectivity index (χ1) is 15.1. The molecule has 0 saturated heterocycles. The second-order valence-corrected chi connectivity index (χ2v) is 7.99. The molecule has 0 heterocycles. The molecule has 0 aliphatic carbocycles. The Bertz CT molecular complexity index is 928. The van der Waals surface area contributed by atoms with Crippen molar-refractivity contribution in [1.29, 1.82) is 0 Å². The fourth-order valence-electron chi connectivity index (χ4n) is 4.14. The first-order valence-electron chi connectivity index (χ1n) is 11.5. The van der Waals surface area contributed by atoms with Crippen molar-refractivity contribution in [2.45, 2.75) is 75.2 Å². The number of phenolic OH excluding ortho intramolecular Hbond substituents is 3. The van der Waals surface area contributed by atoms with Crippen molar-refractivity contribution in [3.8, 4) is 17.2 Å². The monoisotopic (exact) mass is 436 g/mol. The summed E-state index contributed by atoms with van der Waals surface area (Å²) in [5.41, 5.74) is 7.40. The lowest BCUT2D eigenvalue weighted by Crippen LogP contribution is -2.08. The average Bonchev–Trinajstić information content (AvgIpc) is 2.75. The highest BCUT2D eigenvalue weighted by molar-refractivity contribution is 5.61. The molecule has 3 rings (SSSR count). The third kappa shape index (κ3) is 5.64. The van der Waals surface area contributed by atoms with Gasteiger partial charge in [-0.05, 0) is 58.2 Å². The number of hydrogen-bond donors (Lipinski definition) is 3. The molecule has 0 unspecified atom stereocenters. The molecule has 0 bridgehead atoms. The summed E-state index contributed by atoms with van der Waals surface area (Å²) in [6.07, 6.45) is 0. The minimum atomic E-state index is -0.490. The van der Waals surface area contributed by atoms with Crippen LogP contribution in [0.1, 0.15) is 83.7 Å². The number of aromatic hydroxyl groups is 3. The summed E-state index contributed by atoms with van der Waals surface area (Å²) in [7, 11) is 0. The third-order valence-electron chi connectivity index (χ3n) is 5.36. The average molecular weight is 437 g/mol. The minimum absolute atomic E-state index is 0.188. The van der Waals surface area contributed by atoms with Crippen LogP contribution in [0.4, 0.5) is 0 Å². The number of aryl methyl sites for hydroxylation is 6. The topological polar surface area (TPSA) is 60.7 Å². The lowest BCUT2D eigenvalue weighted by molar-refractivity contribution is 0.446. The van der Waals surface area contributed by atoms with Crippen LogP contribution in [0.25, 0.3) is 0 Å². The molecule has 0 amide bonds. The zero-order valence-electron chi connectivity index (χ0n) is 21.4. The number of phenols is 3. The van der Waals surface area contributed by atoms with Gasteiger partial charge in [-0.1, -0.05) is 80.8 Å². The van der Waals surface area contributed by atoms with Gasteiger partial charge in [-0.15, -0.1) is 0 Å². The van der Waals surface area contributed by atoms with E-state index in [1.54, 1.807) is 0 Å². The first kappa shape index (κ1) is 27.1. The standard InChI is InChI=1S/C25H28O3.2C2H6/c1-13-7-16(4)23(26)19(10-13)22(20-11-14(2)8-17(5)24(20)27)21-12-15(3)9-18(6)25(21)28;2*1-2/h7-12,22,26-28H,1-6H3;2*1-2H3. The summed E-state index contributed by atoms with van der Waals surface area (Å²) in [5.74, 6) is 0.0731. The van der Waals surface area contributed by atoms with E-state index < -0.39 is 5.92 Å². The molecule has 3 heteroatoms. The van der Waals surface area contributed by atoms with E-state index in [9.17, 15) is 15.3 Å². The largest absolute Gasteiger partial charge is 0.507 e. The van der Waals surface area contributed by atoms with Gasteiger partial charge < -0.3 is 15.3 Å². The number of rotatable bonds is 3. The Kier molecular flexibility index (Phi) is 9.83. The van der Waals surface area contributed by atoms with E-state index >= 15 is 0 Å². The maximum atomic E-state index is 10.9. The molecule has 0 aliphatic rings. The Morgan fingerprint density at radius 3 is 0.875 bits per heavy atom. The molecular formula is C29H40O3. The smallest absolute Gasteiger partial charge is 0.122 e. The van der Waals surface area contributed by atoms with E-state index in [2.05, 4.69) is 0 Å². The van der Waals surface area contributed by atoms with Gasteiger partial charge in [0.1, 0.15) is 17.2 Å². The molecule has 0 atom stereocenters. The maximum Gasteiger partial charge on any atom is 0.122 e. The summed E-state index contributed by atoms with van der Waals surface area (Å²) < 4.78 is 0. The molecule has 3 N–H and O–H groups in total. The van der Waals surface area contributed by atoms with Crippen molar-refractivity contribution in [3.05, 3.63) is 86.5 Å². The molecule has 0 saturated carbocycles. The molecule has 0 aliphatic heterocycles. The Balaban J connectivity index is 0.00000121. The highest BCUT2D eigenvalue weighted by Crippen LogP contribution is 2.46. The third-order valence-corrected chi connectivity index (χ3v) is 5.36. The van der Waals surface area contributed by atoms with Crippen molar-refractivity contribution in [1.82, 2.24) is 0 Å². The molecule has 3 nitrogen and oxygen atoms in total. The van der Waals surface area contributed by atoms with Crippen LogP contribution < -0.4 is 0 Å². The molecule has 0 spiro atoms. The predicted octanol–water partition coefficient (Wildman–Crippen LogP) is 7.89. The van der Waals surface area contributed by atoms with Crippen LogP contribution in [0.5, 0.6) is 17.2 Å². The Morgan fingerprint density at radius 2 is 0.656 bits per heavy atom. The van der Waals surface area contributed by atoms with E-state index in [1.807, 2.05) is 106 Å². The van der Waals surface area contributed by atoms with Crippen LogP contribution in [0, 0.1) is 41.5 Å². The molecule has 0 fully saturated rings. The van der Waals surface area contributed by atoms with E-state index in [-0.39, 0.29) is 17.2 Å². The Hall–Kier alpha value is -2.94. The highest BCUT2D eigenvalue weighted by atomic mass is 16.3. The van der Waals surface area contributed by atoms with E-state index in [1.165, 1.54) is 0 Å². The van der Waals surface area contributed by atoms with Crippen molar-refractivity contribution in [2.75, 3.05) is 0 Å². The zero-order valence-corrected chi connectivity index (χ0v) is 21.4. The zero-order chi connectivity index (χ0) is 24.7. The quantitative estimate of drug-likeness (QED) is 0.366. The van der Waals surface area contributed by atoms with Gasteiger partial charge in [-0.2, -0.15) is 0 Å². The molecule has 32 heavy (non-hydrogen) atoms. The molecule has 0 aromatic heterocycles. The number of benzene rings is 3. The van der Waals surface area contributed by atoms with Crippen LogP contribution in [-0.4, -0.2) is 15.3 Å². The lowest BCUT2D eigenvalue weighted by atomic mass is 9.80. The first-order valence-corrected chi connectivity index (χ1v) is 11.5. The van der Waals surface area contributed by atoms with Gasteiger partial charge in [0.15, 0.2) is 0 Å². The molecule has 3 aromatic rings. The van der Waals surface area contributed by atoms with Crippen molar-refractivity contribution in [2.24, 2.45) is 0 Å². The van der Waals surface area contributed by atoms with Crippen LogP contribution in [0.2, 0.25) is 0 Å². The lowest BCUT2D eigenvalue weighted by Gasteiger charge is -2.25. The van der Waals surface area contributed by atoms with Gasteiger partial charge in [-0.25, -0.2) is 0 Å². The summed E-state index contributed by atoms with van der Waals surface area (Å²) in [5, 5.41) is 32.7. The van der Waals surface area contributed by atoms with Crippen LogP contribution in [0.15, 0.2) is 36.4 Å².